The molecule has 2 aliphatic heterocycles. The Bertz CT molecular complexity index is 1480. The molecular weight excluding hydrogens is 474 g/mol. The standard InChI is InChI=1S/C27H25N5O3S/c1-16-8-7-9-20(12-16)35-15-24-30-32-25(28)21(26(33)29-27(32)36-24)14-19-13-17(2)31(18(19)3)22-10-5-6-11-23(22)34-4/h5-14,28H,15H2,1-4H3/b21-14+,28-25?. The van der Waals surface area contributed by atoms with E-state index in [1.165, 1.54) is 16.8 Å². The highest BCUT2D eigenvalue weighted by Gasteiger charge is 2.36. The first-order valence-corrected chi connectivity index (χ1v) is 12.2. The van der Waals surface area contributed by atoms with E-state index in [1.54, 1.807) is 13.2 Å². The van der Waals surface area contributed by atoms with Crippen LogP contribution in [0.5, 0.6) is 11.5 Å². The van der Waals surface area contributed by atoms with E-state index in [-0.39, 0.29) is 18.0 Å². The minimum atomic E-state index is -0.461. The molecule has 8 nitrogen and oxygen atoms in total. The molecular formula is C27H25N5O3S. The van der Waals surface area contributed by atoms with Crippen LogP contribution in [0, 0.1) is 26.2 Å². The number of nitrogens with one attached hydrogen (secondary N) is 1. The van der Waals surface area contributed by atoms with E-state index < -0.39 is 5.91 Å². The summed E-state index contributed by atoms with van der Waals surface area (Å²) in [5.74, 6) is 1.02. The highest BCUT2D eigenvalue weighted by atomic mass is 32.2. The lowest BCUT2D eigenvalue weighted by molar-refractivity contribution is -0.114. The quantitative estimate of drug-likeness (QED) is 0.476. The molecule has 2 aliphatic rings. The van der Waals surface area contributed by atoms with E-state index in [0.29, 0.717) is 10.2 Å². The zero-order valence-electron chi connectivity index (χ0n) is 20.4. The molecule has 36 heavy (non-hydrogen) atoms. The minimum Gasteiger partial charge on any atom is -0.495 e. The van der Waals surface area contributed by atoms with Gasteiger partial charge in [-0.2, -0.15) is 15.1 Å². The number of hydrogen-bond donors (Lipinski definition) is 1. The predicted molar refractivity (Wildman–Crippen MR) is 143 cm³/mol. The molecule has 9 heteroatoms. The van der Waals surface area contributed by atoms with Crippen LogP contribution < -0.4 is 9.47 Å². The molecule has 5 rings (SSSR count). The van der Waals surface area contributed by atoms with Gasteiger partial charge in [0.15, 0.2) is 5.84 Å². The van der Waals surface area contributed by atoms with Gasteiger partial charge in [0.05, 0.1) is 18.4 Å². The number of nitrogens with zero attached hydrogens (tertiary/aromatic N) is 4. The molecule has 0 radical (unpaired) electrons. The molecule has 0 bridgehead atoms. The van der Waals surface area contributed by atoms with Crippen LogP contribution in [-0.4, -0.2) is 45.2 Å². The Labute approximate surface area is 213 Å². The zero-order valence-corrected chi connectivity index (χ0v) is 21.2. The number of hydrazone groups is 1. The summed E-state index contributed by atoms with van der Waals surface area (Å²) in [6.07, 6.45) is 1.71. The van der Waals surface area contributed by atoms with Gasteiger partial charge in [-0.15, -0.1) is 0 Å². The number of aryl methyl sites for hydroxylation is 2. The van der Waals surface area contributed by atoms with Gasteiger partial charge in [0.25, 0.3) is 5.91 Å². The number of hydrogen-bond acceptors (Lipinski definition) is 6. The molecule has 0 fully saturated rings. The molecule has 0 saturated carbocycles. The number of aliphatic imine (C=N–C) groups is 1. The van der Waals surface area contributed by atoms with Crippen LogP contribution in [0.25, 0.3) is 11.8 Å². The molecule has 3 heterocycles. The molecule has 1 amide bonds. The third-order valence-corrected chi connectivity index (χ3v) is 6.83. The third kappa shape index (κ3) is 4.33. The number of rotatable bonds is 6. The first kappa shape index (κ1) is 23.6. The third-order valence-electron chi connectivity index (χ3n) is 5.94. The number of methoxy groups -OCH3 is 1. The van der Waals surface area contributed by atoms with E-state index in [2.05, 4.69) is 14.7 Å². The van der Waals surface area contributed by atoms with E-state index in [4.69, 9.17) is 14.9 Å². The minimum absolute atomic E-state index is 0.00912. The van der Waals surface area contributed by atoms with Gasteiger partial charge in [-0.1, -0.05) is 24.3 Å². The summed E-state index contributed by atoms with van der Waals surface area (Å²) in [6, 6.07) is 17.5. The molecule has 0 unspecified atom stereocenters. The summed E-state index contributed by atoms with van der Waals surface area (Å²) in [5, 5.41) is 15.6. The number of benzene rings is 2. The molecule has 0 aliphatic carbocycles. The summed E-state index contributed by atoms with van der Waals surface area (Å²) in [4.78, 5) is 17.1. The fraction of sp³-hybridized carbons (Fsp3) is 0.185. The molecule has 1 aromatic heterocycles. The second kappa shape index (κ2) is 9.50. The molecule has 182 valence electrons. The number of thioether (sulfide) groups is 1. The van der Waals surface area contributed by atoms with Gasteiger partial charge in [0, 0.05) is 11.4 Å². The maximum absolute atomic E-state index is 12.9. The van der Waals surface area contributed by atoms with Crippen molar-refractivity contribution in [1.82, 2.24) is 9.58 Å². The Balaban J connectivity index is 1.41. The second-order valence-corrected chi connectivity index (χ2v) is 9.49. The van der Waals surface area contributed by atoms with Crippen molar-refractivity contribution in [3.8, 4) is 17.2 Å². The monoisotopic (exact) mass is 499 g/mol. The molecule has 0 spiro atoms. The van der Waals surface area contributed by atoms with Crippen molar-refractivity contribution in [2.24, 2.45) is 10.1 Å². The van der Waals surface area contributed by atoms with Gasteiger partial charge in [0.2, 0.25) is 5.17 Å². The fourth-order valence-corrected chi connectivity index (χ4v) is 5.01. The van der Waals surface area contributed by atoms with E-state index >= 15 is 0 Å². The van der Waals surface area contributed by atoms with Gasteiger partial charge < -0.3 is 14.0 Å². The number of carbonyl (C=O) groups excluding carboxylic acids is 1. The van der Waals surface area contributed by atoms with Gasteiger partial charge in [-0.05, 0) is 80.1 Å². The lowest BCUT2D eigenvalue weighted by Gasteiger charge is -2.20. The molecule has 0 saturated heterocycles. The Hall–Kier alpha value is -4.11. The van der Waals surface area contributed by atoms with Crippen LogP contribution in [0.1, 0.15) is 22.5 Å². The zero-order chi connectivity index (χ0) is 25.4. The summed E-state index contributed by atoms with van der Waals surface area (Å²) in [6.45, 7) is 6.19. The normalized spacial score (nSPS) is 16.2. The lowest BCUT2D eigenvalue weighted by Crippen LogP contribution is -2.35. The SMILES string of the molecule is COc1ccccc1-n1c(C)cc(/C=C2\C(=N)N3N=C(COc4cccc(C)c4)SC3=NC2=O)c1C. The average Bonchev–Trinajstić information content (AvgIpc) is 3.40. The first-order valence-electron chi connectivity index (χ1n) is 11.4. The van der Waals surface area contributed by atoms with Crippen molar-refractivity contribution in [1.29, 1.82) is 5.41 Å². The van der Waals surface area contributed by atoms with Crippen molar-refractivity contribution in [2.45, 2.75) is 20.8 Å². The van der Waals surface area contributed by atoms with Crippen molar-refractivity contribution >= 4 is 39.8 Å². The molecule has 0 atom stereocenters. The van der Waals surface area contributed by atoms with E-state index in [9.17, 15) is 4.79 Å². The Morgan fingerprint density at radius 3 is 2.67 bits per heavy atom. The number of carbonyl (C=O) groups is 1. The van der Waals surface area contributed by atoms with Crippen molar-refractivity contribution in [3.05, 3.63) is 82.7 Å². The summed E-state index contributed by atoms with van der Waals surface area (Å²) >= 11 is 1.24. The number of fused-ring (bicyclic) bond motifs is 1. The highest BCUT2D eigenvalue weighted by molar-refractivity contribution is 8.27. The number of ether oxygens (including phenoxy) is 2. The largest absolute Gasteiger partial charge is 0.495 e. The number of para-hydroxylation sites is 2. The van der Waals surface area contributed by atoms with Crippen LogP contribution in [0.2, 0.25) is 0 Å². The van der Waals surface area contributed by atoms with Crippen molar-refractivity contribution < 1.29 is 14.3 Å². The maximum atomic E-state index is 12.9. The summed E-state index contributed by atoms with van der Waals surface area (Å²) < 4.78 is 13.4. The Kier molecular flexibility index (Phi) is 6.24. The van der Waals surface area contributed by atoms with E-state index in [0.717, 1.165) is 39.7 Å². The van der Waals surface area contributed by atoms with Crippen molar-refractivity contribution in [3.63, 3.8) is 0 Å². The van der Waals surface area contributed by atoms with Crippen LogP contribution in [0.3, 0.4) is 0 Å². The Morgan fingerprint density at radius 2 is 1.89 bits per heavy atom. The topological polar surface area (TPSA) is 92.3 Å². The predicted octanol–water partition coefficient (Wildman–Crippen LogP) is 5.11. The summed E-state index contributed by atoms with van der Waals surface area (Å²) in [5.41, 5.74) is 4.92. The highest BCUT2D eigenvalue weighted by Crippen LogP contribution is 2.32. The smallest absolute Gasteiger partial charge is 0.283 e. The average molecular weight is 500 g/mol. The number of amidine groups is 2. The lowest BCUT2D eigenvalue weighted by atomic mass is 10.1. The molecule has 1 N–H and O–H groups in total. The number of amides is 1. The van der Waals surface area contributed by atoms with Gasteiger partial charge in [-0.25, -0.2) is 0 Å². The fourth-order valence-electron chi connectivity index (χ4n) is 4.21. The van der Waals surface area contributed by atoms with Gasteiger partial charge in [-0.3, -0.25) is 10.2 Å². The van der Waals surface area contributed by atoms with E-state index in [1.807, 2.05) is 75.4 Å². The van der Waals surface area contributed by atoms with Crippen LogP contribution in [0.15, 0.2) is 70.3 Å². The number of aromatic nitrogens is 1. The van der Waals surface area contributed by atoms with Gasteiger partial charge >= 0.3 is 0 Å². The van der Waals surface area contributed by atoms with Crippen molar-refractivity contribution in [2.75, 3.05) is 13.7 Å². The maximum Gasteiger partial charge on any atom is 0.283 e. The van der Waals surface area contributed by atoms with Crippen LogP contribution in [-0.2, 0) is 4.79 Å². The molecule has 2 aromatic carbocycles. The Morgan fingerprint density at radius 1 is 1.08 bits per heavy atom. The molecule has 3 aromatic rings. The second-order valence-electron chi connectivity index (χ2n) is 8.45. The van der Waals surface area contributed by atoms with Crippen LogP contribution >= 0.6 is 11.8 Å². The summed E-state index contributed by atoms with van der Waals surface area (Å²) in [7, 11) is 1.64. The van der Waals surface area contributed by atoms with Crippen LogP contribution in [0.4, 0.5) is 0 Å². The van der Waals surface area contributed by atoms with Gasteiger partial charge in [0.1, 0.15) is 23.1 Å². The first-order chi connectivity index (χ1) is 17.4.